The van der Waals surface area contributed by atoms with E-state index >= 15 is 0 Å². The molecule has 10 rings (SSSR count). The fraction of sp³-hybridized carbons (Fsp3) is 0.519. The van der Waals surface area contributed by atoms with Gasteiger partial charge in [0.2, 0.25) is 0 Å². The molecule has 0 bridgehead atoms. The van der Waals surface area contributed by atoms with Crippen molar-refractivity contribution in [3.05, 3.63) is 119 Å². The van der Waals surface area contributed by atoms with Crippen molar-refractivity contribution in [2.75, 3.05) is 0 Å². The molecule has 328 valence electrons. The lowest BCUT2D eigenvalue weighted by molar-refractivity contribution is -0.0544. The van der Waals surface area contributed by atoms with Gasteiger partial charge in [-0.05, 0) is 220 Å². The van der Waals surface area contributed by atoms with Gasteiger partial charge in [0.1, 0.15) is 11.6 Å². The number of fused-ring (bicyclic) bond motifs is 8. The highest BCUT2D eigenvalue weighted by atomic mass is 19.1. The van der Waals surface area contributed by atoms with Crippen molar-refractivity contribution in [3.8, 4) is 11.4 Å². The molecule has 2 N–H and O–H groups in total. The van der Waals surface area contributed by atoms with Crippen LogP contribution in [0.1, 0.15) is 153 Å². The summed E-state index contributed by atoms with van der Waals surface area (Å²) < 4.78 is 30.7. The van der Waals surface area contributed by atoms with E-state index < -0.39 is 11.2 Å². The van der Waals surface area contributed by atoms with Gasteiger partial charge < -0.3 is 10.2 Å². The van der Waals surface area contributed by atoms with Gasteiger partial charge in [-0.1, -0.05) is 40.5 Å². The van der Waals surface area contributed by atoms with Crippen LogP contribution in [0.2, 0.25) is 0 Å². The van der Waals surface area contributed by atoms with E-state index in [1.54, 1.807) is 24.3 Å². The maximum Gasteiger partial charge on any atom is 0.123 e. The number of aliphatic hydroxyl groups is 2. The van der Waals surface area contributed by atoms with Crippen LogP contribution in [0.4, 0.5) is 8.78 Å². The minimum Gasteiger partial charge on any atom is -0.390 e. The maximum atomic E-state index is 13.4. The molecule has 6 atom stereocenters. The first-order chi connectivity index (χ1) is 30.0. The zero-order valence-electron chi connectivity index (χ0n) is 37.4. The first kappa shape index (κ1) is 42.9. The van der Waals surface area contributed by atoms with Crippen LogP contribution in [0.5, 0.6) is 0 Å². The first-order valence-corrected chi connectivity index (χ1v) is 23.9. The minimum atomic E-state index is -0.486. The Kier molecular flexibility index (Phi) is 11.7. The molecular weight excluding hydrogens is 775 g/mol. The van der Waals surface area contributed by atoms with Gasteiger partial charge >= 0.3 is 0 Å². The van der Waals surface area contributed by atoms with Crippen molar-refractivity contribution in [2.45, 2.75) is 165 Å². The Hall–Kier alpha value is -4.40. The van der Waals surface area contributed by atoms with Crippen LogP contribution < -0.4 is 0 Å². The van der Waals surface area contributed by atoms with Gasteiger partial charge in [-0.25, -0.2) is 18.1 Å². The second kappa shape index (κ2) is 17.0. The Morgan fingerprint density at radius 1 is 0.581 bits per heavy atom. The summed E-state index contributed by atoms with van der Waals surface area (Å²) in [5.74, 6) is 0.609. The summed E-state index contributed by atoms with van der Waals surface area (Å²) in [5, 5.41) is 34.1. The predicted molar refractivity (Wildman–Crippen MR) is 246 cm³/mol. The van der Waals surface area contributed by atoms with Crippen molar-refractivity contribution >= 4 is 21.8 Å². The van der Waals surface area contributed by atoms with Gasteiger partial charge in [0.15, 0.2) is 0 Å². The molecule has 6 nitrogen and oxygen atoms in total. The van der Waals surface area contributed by atoms with E-state index in [-0.39, 0.29) is 22.5 Å². The van der Waals surface area contributed by atoms with E-state index in [0.29, 0.717) is 11.8 Å². The molecule has 0 amide bonds. The van der Waals surface area contributed by atoms with Gasteiger partial charge in [0, 0.05) is 10.8 Å². The summed E-state index contributed by atoms with van der Waals surface area (Å²) in [7, 11) is 0. The summed E-state index contributed by atoms with van der Waals surface area (Å²) in [5.41, 5.74) is 9.12. The number of hydrogen-bond acceptors (Lipinski definition) is 4. The largest absolute Gasteiger partial charge is 0.390 e. The minimum absolute atomic E-state index is 0.151. The molecule has 2 saturated carbocycles. The third-order valence-corrected chi connectivity index (χ3v) is 16.4. The molecule has 62 heavy (non-hydrogen) atoms. The number of rotatable bonds is 8. The van der Waals surface area contributed by atoms with E-state index in [1.807, 2.05) is 21.8 Å². The highest BCUT2D eigenvalue weighted by Crippen LogP contribution is 2.56. The Morgan fingerprint density at radius 2 is 0.984 bits per heavy atom. The molecule has 6 aromatic rings. The van der Waals surface area contributed by atoms with E-state index in [9.17, 15) is 19.0 Å². The molecule has 2 aromatic heterocycles. The molecule has 2 fully saturated rings. The Morgan fingerprint density at radius 3 is 1.35 bits per heavy atom. The third-order valence-electron chi connectivity index (χ3n) is 16.4. The van der Waals surface area contributed by atoms with Crippen molar-refractivity contribution in [1.29, 1.82) is 0 Å². The third kappa shape index (κ3) is 7.61. The number of halogens is 2. The van der Waals surface area contributed by atoms with Crippen LogP contribution in [0, 0.1) is 23.5 Å². The summed E-state index contributed by atoms with van der Waals surface area (Å²) in [4.78, 5) is 0. The number of nitrogens with zero attached hydrogens (tertiary/aromatic N) is 4. The summed E-state index contributed by atoms with van der Waals surface area (Å²) in [6.07, 6.45) is 22.7. The normalized spacial score (nSPS) is 28.2. The fourth-order valence-electron chi connectivity index (χ4n) is 13.2. The molecule has 0 saturated heterocycles. The molecule has 4 aromatic carbocycles. The molecular formula is C54H66F2N4O2. The zero-order valence-corrected chi connectivity index (χ0v) is 37.4. The van der Waals surface area contributed by atoms with Crippen molar-refractivity contribution in [2.24, 2.45) is 11.8 Å². The molecule has 0 unspecified atom stereocenters. The van der Waals surface area contributed by atoms with E-state index in [2.05, 4.69) is 62.2 Å². The lowest BCUT2D eigenvalue weighted by atomic mass is 9.56. The van der Waals surface area contributed by atoms with E-state index in [4.69, 9.17) is 0 Å². The Balaban J connectivity index is 0.000000158. The number of hydrogen-bond donors (Lipinski definition) is 2. The average molecular weight is 841 g/mol. The van der Waals surface area contributed by atoms with Gasteiger partial charge in [0.05, 0.1) is 46.0 Å². The number of benzene rings is 4. The average Bonchev–Trinajstić information content (AvgIpc) is 3.80. The second-order valence-electron chi connectivity index (χ2n) is 19.8. The van der Waals surface area contributed by atoms with Crippen LogP contribution in [0.15, 0.2) is 85.2 Å². The standard InChI is InChI=1S/2C27H33FN2O/c2*1-3-12-26(31)13-14-27(4-2)21(17-26)7-5-6-19-16-25-20(15-24(19)27)18-29-30(25)23-10-8-22(28)9-11-23/h2*8-11,15-16,18,21,31H,3-7,12-14,17H2,1-2H3/t2*21-,26+,27-/m10/s1. The summed E-state index contributed by atoms with van der Waals surface area (Å²) in [6.45, 7) is 9.02. The fourth-order valence-corrected chi connectivity index (χ4v) is 13.2. The van der Waals surface area contributed by atoms with Crippen molar-refractivity contribution in [3.63, 3.8) is 0 Å². The first-order valence-electron chi connectivity index (χ1n) is 23.9. The van der Waals surface area contributed by atoms with Crippen LogP contribution in [0.3, 0.4) is 0 Å². The number of aryl methyl sites for hydroxylation is 2. The van der Waals surface area contributed by atoms with Gasteiger partial charge in [-0.2, -0.15) is 10.2 Å². The highest BCUT2D eigenvalue weighted by Gasteiger charge is 2.51. The molecule has 0 spiro atoms. The molecule has 0 radical (unpaired) electrons. The quantitative estimate of drug-likeness (QED) is 0.160. The monoisotopic (exact) mass is 841 g/mol. The predicted octanol–water partition coefficient (Wildman–Crippen LogP) is 13.0. The molecule has 4 aliphatic rings. The summed E-state index contributed by atoms with van der Waals surface area (Å²) >= 11 is 0. The van der Waals surface area contributed by atoms with Crippen LogP contribution >= 0.6 is 0 Å². The maximum absolute atomic E-state index is 13.4. The number of aromatic nitrogens is 4. The molecule has 4 aliphatic carbocycles. The Bertz CT molecular complexity index is 2350. The Labute approximate surface area is 366 Å². The van der Waals surface area contributed by atoms with Crippen LogP contribution in [0.25, 0.3) is 33.2 Å². The zero-order chi connectivity index (χ0) is 43.3. The van der Waals surface area contributed by atoms with Crippen LogP contribution in [-0.4, -0.2) is 41.0 Å². The lowest BCUT2D eigenvalue weighted by Crippen LogP contribution is -2.47. The van der Waals surface area contributed by atoms with Crippen molar-refractivity contribution < 1.29 is 19.0 Å². The SMILES string of the molecule is CCC[C@@]1(O)CC[C@]2(CC)c3cc4cnn(-c5ccc(F)cc5)c4cc3CCC[C@H]2C1.CCC[C@]1(O)CC[C@@]2(CC)c3cc4cnn(-c5ccc(F)cc5)c4cc3CCC[C@@H]2C1. The van der Waals surface area contributed by atoms with Gasteiger partial charge in [-0.15, -0.1) is 0 Å². The molecule has 2 heterocycles. The van der Waals surface area contributed by atoms with E-state index in [0.717, 1.165) is 136 Å². The van der Waals surface area contributed by atoms with E-state index in [1.165, 1.54) is 59.4 Å². The summed E-state index contributed by atoms with van der Waals surface area (Å²) in [6, 6.07) is 22.5. The lowest BCUT2D eigenvalue weighted by Gasteiger charge is -2.50. The van der Waals surface area contributed by atoms with Crippen LogP contribution in [-0.2, 0) is 23.7 Å². The van der Waals surface area contributed by atoms with Crippen molar-refractivity contribution in [1.82, 2.24) is 19.6 Å². The highest BCUT2D eigenvalue weighted by molar-refractivity contribution is 5.83. The smallest absolute Gasteiger partial charge is 0.123 e. The molecule has 0 aliphatic heterocycles. The van der Waals surface area contributed by atoms with Gasteiger partial charge in [-0.3, -0.25) is 0 Å². The topological polar surface area (TPSA) is 76.1 Å². The van der Waals surface area contributed by atoms with Gasteiger partial charge in [0.25, 0.3) is 0 Å². The second-order valence-corrected chi connectivity index (χ2v) is 19.8. The molecule has 8 heteroatoms.